The topological polar surface area (TPSA) is 59.9 Å². The standard InChI is InChI=1S/C15H30N4/c1-5-6-7-8-9-10-11-12-15(18-3,19-4)14(13-16)17-2/h5,14,17-19H,1,6-12H2,2-4H3. The van der Waals surface area contributed by atoms with Crippen LogP contribution >= 0.6 is 0 Å². The smallest absolute Gasteiger partial charge is 0.127 e. The van der Waals surface area contributed by atoms with Crippen LogP contribution < -0.4 is 16.0 Å². The van der Waals surface area contributed by atoms with Gasteiger partial charge >= 0.3 is 0 Å². The van der Waals surface area contributed by atoms with Gasteiger partial charge in [-0.25, -0.2) is 0 Å². The lowest BCUT2D eigenvalue weighted by Crippen LogP contribution is -2.65. The zero-order valence-corrected chi connectivity index (χ0v) is 12.8. The molecule has 0 bridgehead atoms. The number of nitriles is 1. The van der Waals surface area contributed by atoms with Gasteiger partial charge in [0, 0.05) is 0 Å². The first-order valence-electron chi connectivity index (χ1n) is 7.26. The summed E-state index contributed by atoms with van der Waals surface area (Å²) in [4.78, 5) is 0. The van der Waals surface area contributed by atoms with Crippen LogP contribution in [0.4, 0.5) is 0 Å². The highest BCUT2D eigenvalue weighted by atomic mass is 15.2. The van der Waals surface area contributed by atoms with E-state index in [1.54, 1.807) is 0 Å². The van der Waals surface area contributed by atoms with Crippen LogP contribution in [-0.2, 0) is 0 Å². The lowest BCUT2D eigenvalue weighted by atomic mass is 9.93. The van der Waals surface area contributed by atoms with Crippen molar-refractivity contribution in [3.8, 4) is 6.07 Å². The molecule has 0 spiro atoms. The van der Waals surface area contributed by atoms with Crippen molar-refractivity contribution in [3.05, 3.63) is 12.7 Å². The molecule has 110 valence electrons. The molecule has 0 aliphatic rings. The van der Waals surface area contributed by atoms with Crippen LogP contribution in [0.3, 0.4) is 0 Å². The molecule has 0 heterocycles. The first-order chi connectivity index (χ1) is 9.20. The summed E-state index contributed by atoms with van der Waals surface area (Å²) in [6.07, 6.45) is 10.1. The lowest BCUT2D eigenvalue weighted by molar-refractivity contribution is 0.222. The van der Waals surface area contributed by atoms with E-state index in [2.05, 4.69) is 28.6 Å². The maximum absolute atomic E-state index is 9.22. The second-order valence-electron chi connectivity index (χ2n) is 4.92. The van der Waals surface area contributed by atoms with Gasteiger partial charge in [0.15, 0.2) is 0 Å². The van der Waals surface area contributed by atoms with Gasteiger partial charge in [-0.3, -0.25) is 0 Å². The zero-order valence-electron chi connectivity index (χ0n) is 12.8. The Labute approximate surface area is 118 Å². The summed E-state index contributed by atoms with van der Waals surface area (Å²) < 4.78 is 0. The Kier molecular flexibility index (Phi) is 10.5. The van der Waals surface area contributed by atoms with E-state index in [4.69, 9.17) is 0 Å². The van der Waals surface area contributed by atoms with E-state index in [0.29, 0.717) is 0 Å². The minimum Gasteiger partial charge on any atom is -0.302 e. The first kappa shape index (κ1) is 18.1. The molecule has 0 aromatic rings. The van der Waals surface area contributed by atoms with Crippen molar-refractivity contribution in [3.63, 3.8) is 0 Å². The molecule has 0 amide bonds. The number of rotatable bonds is 12. The maximum Gasteiger partial charge on any atom is 0.127 e. The number of unbranched alkanes of at least 4 members (excludes halogenated alkanes) is 5. The molecule has 19 heavy (non-hydrogen) atoms. The first-order valence-corrected chi connectivity index (χ1v) is 7.26. The maximum atomic E-state index is 9.22. The zero-order chi connectivity index (χ0) is 14.6. The molecule has 0 aromatic heterocycles. The predicted molar refractivity (Wildman–Crippen MR) is 81.8 cm³/mol. The van der Waals surface area contributed by atoms with Crippen LogP contribution in [-0.4, -0.2) is 32.8 Å². The van der Waals surface area contributed by atoms with Crippen LogP contribution in [0.5, 0.6) is 0 Å². The summed E-state index contributed by atoms with van der Waals surface area (Å²) in [5, 5.41) is 18.8. The van der Waals surface area contributed by atoms with E-state index in [0.717, 1.165) is 19.3 Å². The monoisotopic (exact) mass is 266 g/mol. The average Bonchev–Trinajstić information content (AvgIpc) is 2.45. The van der Waals surface area contributed by atoms with Crippen LogP contribution in [0.1, 0.15) is 44.9 Å². The molecule has 4 heteroatoms. The Bertz CT molecular complexity index is 266. The molecule has 0 saturated carbocycles. The average molecular weight is 266 g/mol. The Morgan fingerprint density at radius 1 is 1.11 bits per heavy atom. The predicted octanol–water partition coefficient (Wildman–Crippen LogP) is 2.15. The van der Waals surface area contributed by atoms with Gasteiger partial charge in [0.25, 0.3) is 0 Å². The van der Waals surface area contributed by atoms with Crippen molar-refractivity contribution >= 4 is 0 Å². The van der Waals surface area contributed by atoms with Gasteiger partial charge in [-0.15, -0.1) is 6.58 Å². The molecule has 1 atom stereocenters. The summed E-state index contributed by atoms with van der Waals surface area (Å²) in [7, 11) is 5.64. The number of nitrogens with one attached hydrogen (secondary N) is 3. The summed E-state index contributed by atoms with van der Waals surface area (Å²) in [5.41, 5.74) is -0.343. The van der Waals surface area contributed by atoms with Gasteiger partial charge in [0.2, 0.25) is 0 Å². The highest BCUT2D eigenvalue weighted by Gasteiger charge is 2.34. The van der Waals surface area contributed by atoms with Crippen molar-refractivity contribution in [1.82, 2.24) is 16.0 Å². The summed E-state index contributed by atoms with van der Waals surface area (Å²) in [6, 6.07) is 2.08. The summed E-state index contributed by atoms with van der Waals surface area (Å²) >= 11 is 0. The minimum absolute atomic E-state index is 0.233. The molecule has 0 fully saturated rings. The van der Waals surface area contributed by atoms with E-state index < -0.39 is 0 Å². The highest BCUT2D eigenvalue weighted by molar-refractivity contribution is 5.06. The van der Waals surface area contributed by atoms with E-state index in [1.807, 2.05) is 27.2 Å². The molecular weight excluding hydrogens is 236 g/mol. The van der Waals surface area contributed by atoms with Crippen molar-refractivity contribution < 1.29 is 0 Å². The van der Waals surface area contributed by atoms with E-state index in [-0.39, 0.29) is 11.7 Å². The Hall–Kier alpha value is -0.890. The number of nitrogens with zero attached hydrogens (tertiary/aromatic N) is 1. The fourth-order valence-corrected chi connectivity index (χ4v) is 2.45. The van der Waals surface area contributed by atoms with Crippen LogP contribution in [0.25, 0.3) is 0 Å². The number of allylic oxidation sites excluding steroid dienone is 1. The van der Waals surface area contributed by atoms with Crippen LogP contribution in [0, 0.1) is 11.3 Å². The summed E-state index contributed by atoms with van der Waals surface area (Å²) in [6.45, 7) is 3.73. The molecule has 0 rings (SSSR count). The molecule has 0 radical (unpaired) electrons. The van der Waals surface area contributed by atoms with Gasteiger partial charge in [0.1, 0.15) is 6.04 Å². The molecule has 0 aromatic carbocycles. The highest BCUT2D eigenvalue weighted by Crippen LogP contribution is 2.17. The third-order valence-electron chi connectivity index (χ3n) is 3.78. The SMILES string of the molecule is C=CCCCCCCCC(NC)(NC)C(C#N)NC. The molecule has 0 aliphatic carbocycles. The quantitative estimate of drug-likeness (QED) is 0.288. The molecule has 0 saturated heterocycles. The second-order valence-corrected chi connectivity index (χ2v) is 4.92. The van der Waals surface area contributed by atoms with Crippen LogP contribution in [0.15, 0.2) is 12.7 Å². The van der Waals surface area contributed by atoms with E-state index in [9.17, 15) is 5.26 Å². The minimum atomic E-state index is -0.343. The van der Waals surface area contributed by atoms with Gasteiger partial charge in [-0.05, 0) is 40.4 Å². The molecule has 4 nitrogen and oxygen atoms in total. The van der Waals surface area contributed by atoms with Crippen molar-refractivity contribution in [2.45, 2.75) is 56.7 Å². The molecule has 3 N–H and O–H groups in total. The molecular formula is C15H30N4. The van der Waals surface area contributed by atoms with Crippen molar-refractivity contribution in [2.75, 3.05) is 21.1 Å². The Morgan fingerprint density at radius 3 is 2.16 bits per heavy atom. The Balaban J connectivity index is 4.08. The third kappa shape index (κ3) is 6.20. The number of likely N-dealkylation sites (N-methyl/N-ethyl adjacent to an activating group) is 3. The Morgan fingerprint density at radius 2 is 1.68 bits per heavy atom. The van der Waals surface area contributed by atoms with Gasteiger partial charge in [-0.2, -0.15) is 5.26 Å². The van der Waals surface area contributed by atoms with Crippen molar-refractivity contribution in [2.24, 2.45) is 0 Å². The fraction of sp³-hybridized carbons (Fsp3) is 0.800. The normalized spacial score (nSPS) is 12.9. The van der Waals surface area contributed by atoms with Gasteiger partial charge in [0.05, 0.1) is 11.7 Å². The number of hydrogen-bond donors (Lipinski definition) is 3. The van der Waals surface area contributed by atoms with E-state index >= 15 is 0 Å². The van der Waals surface area contributed by atoms with Crippen LogP contribution in [0.2, 0.25) is 0 Å². The third-order valence-corrected chi connectivity index (χ3v) is 3.78. The molecule has 0 aliphatic heterocycles. The van der Waals surface area contributed by atoms with Gasteiger partial charge < -0.3 is 16.0 Å². The second kappa shape index (κ2) is 11.0. The molecule has 1 unspecified atom stereocenters. The summed E-state index contributed by atoms with van der Waals surface area (Å²) in [5.74, 6) is 0. The lowest BCUT2D eigenvalue weighted by Gasteiger charge is -2.37. The largest absolute Gasteiger partial charge is 0.302 e. The fourth-order valence-electron chi connectivity index (χ4n) is 2.45. The van der Waals surface area contributed by atoms with Gasteiger partial charge in [-0.1, -0.05) is 31.8 Å². The van der Waals surface area contributed by atoms with E-state index in [1.165, 1.54) is 25.7 Å². The van der Waals surface area contributed by atoms with Crippen molar-refractivity contribution in [1.29, 1.82) is 5.26 Å². The number of hydrogen-bond acceptors (Lipinski definition) is 4.